The minimum Gasteiger partial charge on any atom is -0.333 e. The topological polar surface area (TPSA) is 108 Å². The van der Waals surface area contributed by atoms with Crippen LogP contribution in [0.5, 0.6) is 0 Å². The van der Waals surface area contributed by atoms with Crippen LogP contribution in [0.15, 0.2) is 0 Å². The van der Waals surface area contributed by atoms with Crippen molar-refractivity contribution < 1.29 is 9.59 Å². The summed E-state index contributed by atoms with van der Waals surface area (Å²) in [5.41, 5.74) is 1.75. The van der Waals surface area contributed by atoms with Gasteiger partial charge in [-0.25, -0.2) is 5.84 Å². The summed E-state index contributed by atoms with van der Waals surface area (Å²) in [6, 6.07) is 0.349. The molecule has 2 amide bonds. The number of carbonyl (C=O) groups excluding carboxylic acids is 2. The first-order valence-electron chi connectivity index (χ1n) is 2.79. The van der Waals surface area contributed by atoms with Crippen LogP contribution in [0.1, 0.15) is 6.92 Å². The molecule has 0 aliphatic carbocycles. The van der Waals surface area contributed by atoms with Gasteiger partial charge in [0.05, 0.1) is 6.07 Å². The highest BCUT2D eigenvalue weighted by Gasteiger charge is 2.16. The molecule has 6 nitrogen and oxygen atoms in total. The Morgan fingerprint density at radius 3 is 2.45 bits per heavy atom. The molecule has 6 heteroatoms. The third kappa shape index (κ3) is 3.17. The predicted molar refractivity (Wildman–Crippen MR) is 35.5 cm³/mol. The van der Waals surface area contributed by atoms with Gasteiger partial charge < -0.3 is 5.32 Å². The van der Waals surface area contributed by atoms with E-state index in [-0.39, 0.29) is 0 Å². The number of hydrogen-bond donors (Lipinski definition) is 3. The van der Waals surface area contributed by atoms with E-state index in [0.29, 0.717) is 0 Å². The zero-order valence-corrected chi connectivity index (χ0v) is 5.92. The van der Waals surface area contributed by atoms with Crippen LogP contribution in [0.25, 0.3) is 0 Å². The standard InChI is InChI=1S/C5H8N4O2/c1-3(10)8-4(2-6)5(11)9-7/h4H,7H2,1H3,(H,8,10)(H,9,11). The van der Waals surface area contributed by atoms with Gasteiger partial charge in [-0.2, -0.15) is 5.26 Å². The van der Waals surface area contributed by atoms with Gasteiger partial charge in [0.25, 0.3) is 5.91 Å². The van der Waals surface area contributed by atoms with Crippen LogP contribution >= 0.6 is 0 Å². The number of hydrazine groups is 1. The fraction of sp³-hybridized carbons (Fsp3) is 0.400. The summed E-state index contributed by atoms with van der Waals surface area (Å²) < 4.78 is 0. The SMILES string of the molecule is CC(=O)NC(C#N)C(=O)NN. The Morgan fingerprint density at radius 1 is 1.64 bits per heavy atom. The number of nitrogens with zero attached hydrogens (tertiary/aromatic N) is 1. The number of nitriles is 1. The van der Waals surface area contributed by atoms with E-state index in [9.17, 15) is 9.59 Å². The fourth-order valence-corrected chi connectivity index (χ4v) is 0.443. The van der Waals surface area contributed by atoms with E-state index in [1.807, 2.05) is 0 Å². The van der Waals surface area contributed by atoms with Crippen LogP contribution in [0.2, 0.25) is 0 Å². The van der Waals surface area contributed by atoms with Crippen LogP contribution in [-0.2, 0) is 9.59 Å². The van der Waals surface area contributed by atoms with Crippen molar-refractivity contribution in [1.29, 1.82) is 5.26 Å². The molecule has 0 bridgehead atoms. The molecule has 0 fully saturated rings. The number of hydrogen-bond acceptors (Lipinski definition) is 4. The van der Waals surface area contributed by atoms with Gasteiger partial charge in [0, 0.05) is 6.92 Å². The maximum atomic E-state index is 10.6. The third-order valence-electron chi connectivity index (χ3n) is 0.881. The molecule has 0 aliphatic heterocycles. The van der Waals surface area contributed by atoms with E-state index in [1.54, 1.807) is 11.5 Å². The first-order valence-corrected chi connectivity index (χ1v) is 2.79. The van der Waals surface area contributed by atoms with Gasteiger partial charge in [-0.1, -0.05) is 0 Å². The Bertz CT molecular complexity index is 207. The molecule has 0 spiro atoms. The number of amides is 2. The third-order valence-corrected chi connectivity index (χ3v) is 0.881. The smallest absolute Gasteiger partial charge is 0.271 e. The highest BCUT2D eigenvalue weighted by molar-refractivity contribution is 5.88. The molecular weight excluding hydrogens is 148 g/mol. The summed E-state index contributed by atoms with van der Waals surface area (Å²) in [6.45, 7) is 1.20. The second kappa shape index (κ2) is 4.24. The normalized spacial score (nSPS) is 11.0. The second-order valence-corrected chi connectivity index (χ2v) is 1.77. The summed E-state index contributed by atoms with van der Waals surface area (Å²) in [5, 5.41) is 10.4. The van der Waals surface area contributed by atoms with Crippen molar-refractivity contribution in [2.45, 2.75) is 13.0 Å². The first kappa shape index (κ1) is 9.39. The van der Waals surface area contributed by atoms with Crippen LogP contribution in [-0.4, -0.2) is 17.9 Å². The highest BCUT2D eigenvalue weighted by Crippen LogP contribution is 1.79. The molecule has 0 aliphatic rings. The molecule has 0 saturated heterocycles. The van der Waals surface area contributed by atoms with Gasteiger partial charge in [0.2, 0.25) is 5.91 Å². The molecule has 60 valence electrons. The molecule has 11 heavy (non-hydrogen) atoms. The van der Waals surface area contributed by atoms with E-state index < -0.39 is 17.9 Å². The zero-order chi connectivity index (χ0) is 8.85. The van der Waals surface area contributed by atoms with Crippen molar-refractivity contribution in [2.24, 2.45) is 5.84 Å². The monoisotopic (exact) mass is 156 g/mol. The second-order valence-electron chi connectivity index (χ2n) is 1.77. The molecule has 0 aromatic rings. The molecule has 0 heterocycles. The van der Waals surface area contributed by atoms with Gasteiger partial charge in [-0.05, 0) is 0 Å². The molecule has 4 N–H and O–H groups in total. The van der Waals surface area contributed by atoms with Gasteiger partial charge in [-0.15, -0.1) is 0 Å². The average Bonchev–Trinajstić information content (AvgIpc) is 1.98. The zero-order valence-electron chi connectivity index (χ0n) is 5.92. The summed E-state index contributed by atoms with van der Waals surface area (Å²) in [6.07, 6.45) is 0. The van der Waals surface area contributed by atoms with E-state index in [4.69, 9.17) is 11.1 Å². The van der Waals surface area contributed by atoms with Crippen LogP contribution in [0, 0.1) is 11.3 Å². The molecule has 1 unspecified atom stereocenters. The number of nitrogens with one attached hydrogen (secondary N) is 2. The minimum absolute atomic E-state index is 0.458. The molecule has 0 radical (unpaired) electrons. The predicted octanol–water partition coefficient (Wildman–Crippen LogP) is -2.00. The van der Waals surface area contributed by atoms with Crippen molar-refractivity contribution >= 4 is 11.8 Å². The van der Waals surface area contributed by atoms with Crippen molar-refractivity contribution in [3.8, 4) is 6.07 Å². The van der Waals surface area contributed by atoms with Gasteiger partial charge in [-0.3, -0.25) is 15.0 Å². The maximum absolute atomic E-state index is 10.6. The van der Waals surface area contributed by atoms with Crippen molar-refractivity contribution in [3.63, 3.8) is 0 Å². The number of carbonyl (C=O) groups is 2. The largest absolute Gasteiger partial charge is 0.333 e. The quantitative estimate of drug-likeness (QED) is 0.244. The van der Waals surface area contributed by atoms with Crippen LogP contribution in [0.3, 0.4) is 0 Å². The Balaban J connectivity index is 4.09. The van der Waals surface area contributed by atoms with Gasteiger partial charge in [0.15, 0.2) is 6.04 Å². The molecule has 0 aromatic heterocycles. The van der Waals surface area contributed by atoms with Crippen molar-refractivity contribution in [3.05, 3.63) is 0 Å². The van der Waals surface area contributed by atoms with Crippen molar-refractivity contribution in [1.82, 2.24) is 10.7 Å². The number of rotatable bonds is 2. The molecule has 0 saturated carbocycles. The molecule has 0 aromatic carbocycles. The Kier molecular flexibility index (Phi) is 3.62. The Morgan fingerprint density at radius 2 is 2.18 bits per heavy atom. The summed E-state index contributed by atoms with van der Waals surface area (Å²) in [7, 11) is 0. The molecular formula is C5H8N4O2. The van der Waals surface area contributed by atoms with Crippen LogP contribution in [0.4, 0.5) is 0 Å². The lowest BCUT2D eigenvalue weighted by atomic mass is 10.3. The Labute approximate surface area is 63.3 Å². The molecule has 1 atom stereocenters. The summed E-state index contributed by atoms with van der Waals surface area (Å²) in [4.78, 5) is 21.0. The van der Waals surface area contributed by atoms with Crippen molar-refractivity contribution in [2.75, 3.05) is 0 Å². The lowest BCUT2D eigenvalue weighted by Crippen LogP contribution is -2.47. The summed E-state index contributed by atoms with van der Waals surface area (Å²) >= 11 is 0. The van der Waals surface area contributed by atoms with Gasteiger partial charge >= 0.3 is 0 Å². The minimum atomic E-state index is -1.21. The van der Waals surface area contributed by atoms with E-state index in [1.165, 1.54) is 6.92 Å². The summed E-state index contributed by atoms with van der Waals surface area (Å²) in [5.74, 6) is 3.53. The fourth-order valence-electron chi connectivity index (χ4n) is 0.443. The maximum Gasteiger partial charge on any atom is 0.271 e. The first-order chi connectivity index (χ1) is 5.11. The van der Waals surface area contributed by atoms with Crippen LogP contribution < -0.4 is 16.6 Å². The lowest BCUT2D eigenvalue weighted by molar-refractivity contribution is -0.126. The average molecular weight is 156 g/mol. The van der Waals surface area contributed by atoms with E-state index in [2.05, 4.69) is 5.32 Å². The van der Waals surface area contributed by atoms with E-state index >= 15 is 0 Å². The lowest BCUT2D eigenvalue weighted by Gasteiger charge is -2.06. The van der Waals surface area contributed by atoms with Gasteiger partial charge in [0.1, 0.15) is 0 Å². The highest BCUT2D eigenvalue weighted by atomic mass is 16.2. The number of nitrogens with two attached hydrogens (primary N) is 1. The van der Waals surface area contributed by atoms with E-state index in [0.717, 1.165) is 0 Å². The Hall–Kier alpha value is -1.61. The molecule has 0 rings (SSSR count).